The molecule has 1 fully saturated rings. The number of aryl methyl sites for hydroxylation is 2. The number of nitrogens with zero attached hydrogens (tertiary/aromatic N) is 3. The molecule has 0 radical (unpaired) electrons. The van der Waals surface area contributed by atoms with Crippen LogP contribution in [0.5, 0.6) is 0 Å². The van der Waals surface area contributed by atoms with Gasteiger partial charge < -0.3 is 4.90 Å². The zero-order valence-corrected chi connectivity index (χ0v) is 15.2. The molecule has 1 N–H and O–H groups in total. The van der Waals surface area contributed by atoms with Crippen molar-refractivity contribution < 1.29 is 8.42 Å². The van der Waals surface area contributed by atoms with Crippen molar-refractivity contribution in [1.29, 1.82) is 0 Å². The third-order valence-corrected chi connectivity index (χ3v) is 5.10. The third-order valence-electron chi connectivity index (χ3n) is 4.51. The zero-order chi connectivity index (χ0) is 17.5. The minimum Gasteiger partial charge on any atom is -0.370 e. The summed E-state index contributed by atoms with van der Waals surface area (Å²) in [4.78, 5) is 14.7. The number of anilines is 2. The van der Waals surface area contributed by atoms with E-state index in [4.69, 9.17) is 0 Å². The van der Waals surface area contributed by atoms with Crippen molar-refractivity contribution in [2.24, 2.45) is 0 Å². The van der Waals surface area contributed by atoms with E-state index in [0.717, 1.165) is 48.9 Å². The fourth-order valence-corrected chi connectivity index (χ4v) is 4.03. The van der Waals surface area contributed by atoms with Crippen LogP contribution in [-0.4, -0.2) is 36.9 Å². The van der Waals surface area contributed by atoms with Crippen molar-refractivity contribution >= 4 is 32.4 Å². The lowest BCUT2D eigenvalue weighted by Gasteiger charge is -2.22. The zero-order valence-electron chi connectivity index (χ0n) is 14.4. The molecule has 1 aliphatic rings. The molecule has 24 heavy (non-hydrogen) atoms. The van der Waals surface area contributed by atoms with E-state index in [-0.39, 0.29) is 5.69 Å². The molecule has 0 aliphatic carbocycles. The van der Waals surface area contributed by atoms with Gasteiger partial charge in [0.15, 0.2) is 0 Å². The van der Waals surface area contributed by atoms with Gasteiger partial charge in [-0.05, 0) is 38.8 Å². The van der Waals surface area contributed by atoms with E-state index < -0.39 is 10.0 Å². The Morgan fingerprint density at radius 1 is 1.04 bits per heavy atom. The van der Waals surface area contributed by atoms with Gasteiger partial charge in [0.2, 0.25) is 10.0 Å². The van der Waals surface area contributed by atoms with Gasteiger partial charge in [0, 0.05) is 26.2 Å². The topological polar surface area (TPSA) is 76.3 Å². The molecule has 3 rings (SSSR count). The van der Waals surface area contributed by atoms with Crippen molar-refractivity contribution in [2.75, 3.05) is 29.0 Å². The van der Waals surface area contributed by atoms with E-state index in [1.54, 1.807) is 15.2 Å². The van der Waals surface area contributed by atoms with Gasteiger partial charge in [-0.1, -0.05) is 0 Å². The van der Waals surface area contributed by atoms with Crippen molar-refractivity contribution in [3.05, 3.63) is 22.6 Å². The molecule has 2 aromatic rings. The number of benzene rings is 1. The summed E-state index contributed by atoms with van der Waals surface area (Å²) in [5.41, 5.74) is 2.95. The van der Waals surface area contributed by atoms with Crippen LogP contribution in [0.3, 0.4) is 0 Å². The third kappa shape index (κ3) is 2.90. The summed E-state index contributed by atoms with van der Waals surface area (Å²) in [7, 11) is -3.40. The second-order valence-electron chi connectivity index (χ2n) is 6.20. The van der Waals surface area contributed by atoms with E-state index in [1.807, 2.05) is 19.9 Å². The SMILES string of the molecule is CCn1c(=O)n(CC)c2cc(N3CCCC3)c(NS(C)(=O)=O)cc21. The summed E-state index contributed by atoms with van der Waals surface area (Å²) in [6.45, 7) is 6.78. The van der Waals surface area contributed by atoms with E-state index >= 15 is 0 Å². The maximum Gasteiger partial charge on any atom is 0.329 e. The van der Waals surface area contributed by atoms with Crippen molar-refractivity contribution in [3.8, 4) is 0 Å². The van der Waals surface area contributed by atoms with Crippen LogP contribution >= 0.6 is 0 Å². The Kier molecular flexibility index (Phi) is 4.33. The molecule has 0 amide bonds. The van der Waals surface area contributed by atoms with Crippen LogP contribution in [0.2, 0.25) is 0 Å². The standard InChI is InChI=1S/C16H24N4O3S/c1-4-19-14-10-12(17-24(3,22)23)13(18-8-6-7-9-18)11-15(14)20(5-2)16(19)21/h10-11,17H,4-9H2,1-3H3. The van der Waals surface area contributed by atoms with E-state index in [2.05, 4.69) is 9.62 Å². The van der Waals surface area contributed by atoms with Crippen molar-refractivity contribution in [3.63, 3.8) is 0 Å². The maximum absolute atomic E-state index is 12.6. The molecule has 0 unspecified atom stereocenters. The first kappa shape index (κ1) is 16.9. The van der Waals surface area contributed by atoms with Crippen LogP contribution in [0.25, 0.3) is 11.0 Å². The molecule has 132 valence electrons. The highest BCUT2D eigenvalue weighted by Gasteiger charge is 2.21. The van der Waals surface area contributed by atoms with Crippen molar-refractivity contribution in [2.45, 2.75) is 39.8 Å². The Morgan fingerprint density at radius 2 is 1.58 bits per heavy atom. The molecular weight excluding hydrogens is 328 g/mol. The van der Waals surface area contributed by atoms with E-state index in [0.29, 0.717) is 18.8 Å². The molecule has 2 heterocycles. The monoisotopic (exact) mass is 352 g/mol. The second-order valence-corrected chi connectivity index (χ2v) is 7.95. The summed E-state index contributed by atoms with van der Waals surface area (Å²) in [6, 6.07) is 3.74. The second kappa shape index (κ2) is 6.16. The predicted octanol–water partition coefficient (Wildman–Crippen LogP) is 1.81. The Balaban J connectivity index is 2.29. The average Bonchev–Trinajstić information content (AvgIpc) is 3.10. The van der Waals surface area contributed by atoms with Crippen LogP contribution in [0.15, 0.2) is 16.9 Å². The van der Waals surface area contributed by atoms with Crippen molar-refractivity contribution in [1.82, 2.24) is 9.13 Å². The molecule has 1 aromatic heterocycles. The number of rotatable bonds is 5. The normalized spacial score (nSPS) is 15.4. The quantitative estimate of drug-likeness (QED) is 0.890. The number of hydrogen-bond donors (Lipinski definition) is 1. The Labute approximate surface area is 141 Å². The minimum atomic E-state index is -3.40. The number of fused-ring (bicyclic) bond motifs is 1. The molecule has 0 spiro atoms. The maximum atomic E-state index is 12.6. The van der Waals surface area contributed by atoms with Crippen LogP contribution in [-0.2, 0) is 23.1 Å². The molecule has 8 heteroatoms. The molecule has 1 aliphatic heterocycles. The predicted molar refractivity (Wildman–Crippen MR) is 97.5 cm³/mol. The highest BCUT2D eigenvalue weighted by Crippen LogP contribution is 2.34. The van der Waals surface area contributed by atoms with Gasteiger partial charge in [0.05, 0.1) is 28.7 Å². The fourth-order valence-electron chi connectivity index (χ4n) is 3.46. The number of imidazole rings is 1. The number of sulfonamides is 1. The summed E-state index contributed by atoms with van der Waals surface area (Å²) in [5, 5.41) is 0. The van der Waals surface area contributed by atoms with Crippen LogP contribution < -0.4 is 15.3 Å². The molecule has 1 saturated heterocycles. The molecule has 0 saturated carbocycles. The van der Waals surface area contributed by atoms with Gasteiger partial charge in [-0.15, -0.1) is 0 Å². The summed E-state index contributed by atoms with van der Waals surface area (Å²) in [5.74, 6) is 0. The fraction of sp³-hybridized carbons (Fsp3) is 0.562. The van der Waals surface area contributed by atoms with E-state index in [1.165, 1.54) is 0 Å². The highest BCUT2D eigenvalue weighted by molar-refractivity contribution is 7.92. The van der Waals surface area contributed by atoms with Crippen LogP contribution in [0.1, 0.15) is 26.7 Å². The summed E-state index contributed by atoms with van der Waals surface area (Å²) < 4.78 is 29.6. The largest absolute Gasteiger partial charge is 0.370 e. The lowest BCUT2D eigenvalue weighted by Crippen LogP contribution is -2.23. The first-order chi connectivity index (χ1) is 11.4. The van der Waals surface area contributed by atoms with E-state index in [9.17, 15) is 13.2 Å². The van der Waals surface area contributed by atoms with Crippen LogP contribution in [0.4, 0.5) is 11.4 Å². The molecule has 0 bridgehead atoms. The average molecular weight is 352 g/mol. The van der Waals surface area contributed by atoms with Gasteiger partial charge in [0.25, 0.3) is 0 Å². The van der Waals surface area contributed by atoms with Gasteiger partial charge >= 0.3 is 5.69 Å². The summed E-state index contributed by atoms with van der Waals surface area (Å²) >= 11 is 0. The number of hydrogen-bond acceptors (Lipinski definition) is 4. The molecule has 1 aromatic carbocycles. The number of aromatic nitrogens is 2. The Hall–Kier alpha value is -1.96. The lowest BCUT2D eigenvalue weighted by atomic mass is 10.2. The number of nitrogens with one attached hydrogen (secondary N) is 1. The molecule has 0 atom stereocenters. The highest BCUT2D eigenvalue weighted by atomic mass is 32.2. The summed E-state index contributed by atoms with van der Waals surface area (Å²) in [6.07, 6.45) is 3.33. The Bertz CT molecular complexity index is 921. The lowest BCUT2D eigenvalue weighted by molar-refractivity contribution is 0.607. The van der Waals surface area contributed by atoms with Gasteiger partial charge in [0.1, 0.15) is 0 Å². The first-order valence-corrected chi connectivity index (χ1v) is 10.2. The van der Waals surface area contributed by atoms with Crippen LogP contribution in [0, 0.1) is 0 Å². The van der Waals surface area contributed by atoms with Gasteiger partial charge in [-0.3, -0.25) is 13.9 Å². The molecule has 7 nitrogen and oxygen atoms in total. The Morgan fingerprint density at radius 3 is 2.08 bits per heavy atom. The smallest absolute Gasteiger partial charge is 0.329 e. The first-order valence-electron chi connectivity index (χ1n) is 8.35. The molecular formula is C16H24N4O3S. The van der Waals surface area contributed by atoms with Gasteiger partial charge in [-0.2, -0.15) is 0 Å². The van der Waals surface area contributed by atoms with Gasteiger partial charge in [-0.25, -0.2) is 13.2 Å². The minimum absolute atomic E-state index is 0.0566.